The average Bonchev–Trinajstić information content (AvgIpc) is 2.78. The summed E-state index contributed by atoms with van der Waals surface area (Å²) in [4.78, 5) is 13.0. The lowest BCUT2D eigenvalue weighted by Gasteiger charge is -2.22. The van der Waals surface area contributed by atoms with Crippen LogP contribution in [-0.2, 0) is 19.4 Å². The molecule has 0 saturated carbocycles. The first-order valence-electron chi connectivity index (χ1n) is 10.3. The van der Waals surface area contributed by atoms with E-state index in [1.54, 1.807) is 12.3 Å². The molecule has 0 fully saturated rings. The minimum atomic E-state index is 0.634. The van der Waals surface area contributed by atoms with E-state index < -0.39 is 0 Å². The van der Waals surface area contributed by atoms with Crippen molar-refractivity contribution < 1.29 is 0 Å². The summed E-state index contributed by atoms with van der Waals surface area (Å²) in [5.74, 6) is 0. The number of rotatable bonds is 5. The number of hydrogen-bond donors (Lipinski definition) is 2. The van der Waals surface area contributed by atoms with Crippen LogP contribution in [0, 0.1) is 13.5 Å². The molecule has 5 nitrogen and oxygen atoms in total. The van der Waals surface area contributed by atoms with Crippen molar-refractivity contribution in [3.63, 3.8) is 0 Å². The Morgan fingerprint density at radius 1 is 1.13 bits per heavy atom. The molecule has 30 heavy (non-hydrogen) atoms. The number of pyridine rings is 1. The third-order valence-corrected chi connectivity index (χ3v) is 5.72. The van der Waals surface area contributed by atoms with Crippen LogP contribution in [0.5, 0.6) is 0 Å². The van der Waals surface area contributed by atoms with Gasteiger partial charge in [0.25, 0.3) is 0 Å². The Bertz CT molecular complexity index is 1170. The minimum absolute atomic E-state index is 0.634. The Kier molecular flexibility index (Phi) is 5.76. The fraction of sp³-hybridized carbons (Fsp3) is 0.240. The first-order valence-corrected chi connectivity index (χ1v) is 10.3. The maximum absolute atomic E-state index is 5.35. The lowest BCUT2D eigenvalue weighted by molar-refractivity contribution is 0.689. The first-order chi connectivity index (χ1) is 14.7. The van der Waals surface area contributed by atoms with Crippen molar-refractivity contribution in [1.82, 2.24) is 4.98 Å². The normalized spacial score (nSPS) is 13.6. The zero-order chi connectivity index (χ0) is 20.9. The molecule has 0 spiro atoms. The van der Waals surface area contributed by atoms with E-state index in [0.717, 1.165) is 46.4 Å². The van der Waals surface area contributed by atoms with E-state index in [4.69, 9.17) is 17.3 Å². The summed E-state index contributed by atoms with van der Waals surface area (Å²) < 4.78 is 0. The molecule has 0 bridgehead atoms. The van der Waals surface area contributed by atoms with Crippen molar-refractivity contribution in [3.8, 4) is 17.8 Å². The molecule has 3 N–H and O–H groups in total. The number of benzene rings is 2. The van der Waals surface area contributed by atoms with Crippen LogP contribution in [-0.4, -0.2) is 11.2 Å². The lowest BCUT2D eigenvalue weighted by atomic mass is 9.85. The van der Waals surface area contributed by atoms with Crippen molar-refractivity contribution in [2.24, 2.45) is 10.7 Å². The molecule has 150 valence electrons. The SMILES string of the molecule is C#[N+]Nc1ccc2nc(-c3ccc(CN=C/C=C\N)cc3)c3c(c2c1C)CCCC3. The highest BCUT2D eigenvalue weighted by molar-refractivity contribution is 5.93. The van der Waals surface area contributed by atoms with Gasteiger partial charge in [-0.05, 0) is 84.7 Å². The number of allylic oxidation sites excluding steroid dienone is 1. The number of aliphatic imine (C=N–C) groups is 1. The molecule has 1 heterocycles. The van der Waals surface area contributed by atoms with Crippen molar-refractivity contribution in [1.29, 1.82) is 0 Å². The van der Waals surface area contributed by atoms with Gasteiger partial charge in [0.15, 0.2) is 0 Å². The van der Waals surface area contributed by atoms with Gasteiger partial charge in [-0.15, -0.1) is 0 Å². The fourth-order valence-electron chi connectivity index (χ4n) is 4.27. The second-order valence-electron chi connectivity index (χ2n) is 7.57. The molecule has 2 aromatic carbocycles. The van der Waals surface area contributed by atoms with Crippen LogP contribution < -0.4 is 11.2 Å². The van der Waals surface area contributed by atoms with Crippen LogP contribution in [0.2, 0.25) is 0 Å². The first kappa shape index (κ1) is 19.7. The number of nitrogens with one attached hydrogen (secondary N) is 1. The third-order valence-electron chi connectivity index (χ3n) is 5.72. The van der Waals surface area contributed by atoms with Gasteiger partial charge in [-0.3, -0.25) is 4.99 Å². The van der Waals surface area contributed by atoms with Crippen LogP contribution in [0.25, 0.3) is 27.1 Å². The van der Waals surface area contributed by atoms with Crippen LogP contribution in [0.1, 0.15) is 35.1 Å². The quantitative estimate of drug-likeness (QED) is 0.447. The highest BCUT2D eigenvalue weighted by atomic mass is 15.2. The molecule has 1 aliphatic carbocycles. The van der Waals surface area contributed by atoms with Gasteiger partial charge in [0.1, 0.15) is 5.69 Å². The largest absolute Gasteiger partial charge is 0.405 e. The number of nitrogens with zero attached hydrogens (tertiary/aromatic N) is 3. The van der Waals surface area contributed by atoms with Crippen LogP contribution in [0.4, 0.5) is 5.69 Å². The van der Waals surface area contributed by atoms with E-state index in [-0.39, 0.29) is 0 Å². The third kappa shape index (κ3) is 3.77. The van der Waals surface area contributed by atoms with E-state index in [0.29, 0.717) is 6.54 Å². The van der Waals surface area contributed by atoms with Crippen LogP contribution in [0.15, 0.2) is 53.7 Å². The molecule has 5 heteroatoms. The minimum Gasteiger partial charge on any atom is -0.405 e. The van der Waals surface area contributed by atoms with Gasteiger partial charge in [-0.25, -0.2) is 4.98 Å². The fourth-order valence-corrected chi connectivity index (χ4v) is 4.27. The molecule has 0 atom stereocenters. The standard InChI is InChI=1S/C25H26N5/c1-17-22(30-27-2)12-13-23-24(17)20-6-3-4-7-21(20)25(29-23)19-10-8-18(9-11-19)16-28-15-5-14-26/h2,5,8-15,30H,3-4,6-7,16,26H2,1H3/q+1/b14-5-,28-15?. The van der Waals surface area contributed by atoms with Gasteiger partial charge < -0.3 is 5.73 Å². The van der Waals surface area contributed by atoms with Crippen LogP contribution >= 0.6 is 0 Å². The summed E-state index contributed by atoms with van der Waals surface area (Å²) in [5.41, 5.74) is 17.5. The predicted molar refractivity (Wildman–Crippen MR) is 126 cm³/mol. The number of hydrogen-bond acceptors (Lipinski definition) is 4. The van der Waals surface area contributed by atoms with Crippen molar-refractivity contribution >= 4 is 22.8 Å². The van der Waals surface area contributed by atoms with Crippen molar-refractivity contribution in [2.45, 2.75) is 39.2 Å². The summed E-state index contributed by atoms with van der Waals surface area (Å²) in [6.07, 6.45) is 9.47. The summed E-state index contributed by atoms with van der Waals surface area (Å²) in [6, 6.07) is 12.6. The average molecular weight is 397 g/mol. The van der Waals surface area contributed by atoms with E-state index in [1.807, 2.05) is 6.07 Å². The molecule has 4 rings (SSSR count). The van der Waals surface area contributed by atoms with Gasteiger partial charge in [0, 0.05) is 17.2 Å². The number of aromatic nitrogens is 1. The zero-order valence-electron chi connectivity index (χ0n) is 17.2. The second kappa shape index (κ2) is 8.79. The Balaban J connectivity index is 1.78. The lowest BCUT2D eigenvalue weighted by Crippen LogP contribution is -2.09. The van der Waals surface area contributed by atoms with Crippen LogP contribution in [0.3, 0.4) is 0 Å². The van der Waals surface area contributed by atoms with Gasteiger partial charge >= 0.3 is 6.57 Å². The molecule has 0 unspecified atom stereocenters. The van der Waals surface area contributed by atoms with Gasteiger partial charge in [0.05, 0.1) is 22.7 Å². The molecule has 1 aliphatic rings. The summed E-state index contributed by atoms with van der Waals surface area (Å²) in [6.45, 7) is 8.10. The van der Waals surface area contributed by atoms with Gasteiger partial charge in [-0.1, -0.05) is 24.3 Å². The monoisotopic (exact) mass is 396 g/mol. The number of fused-ring (bicyclic) bond motifs is 3. The maximum atomic E-state index is 5.35. The Labute approximate surface area is 177 Å². The summed E-state index contributed by atoms with van der Waals surface area (Å²) >= 11 is 0. The predicted octanol–water partition coefficient (Wildman–Crippen LogP) is 5.42. The smallest absolute Gasteiger partial charge is 0.305 e. The number of aryl methyl sites for hydroxylation is 2. The molecule has 1 aromatic heterocycles. The molecule has 0 aliphatic heterocycles. The Morgan fingerprint density at radius 3 is 2.63 bits per heavy atom. The number of nitrogens with two attached hydrogens (primary N) is 1. The highest BCUT2D eigenvalue weighted by Crippen LogP contribution is 2.38. The van der Waals surface area contributed by atoms with E-state index in [2.05, 4.69) is 52.6 Å². The molecular weight excluding hydrogens is 370 g/mol. The van der Waals surface area contributed by atoms with E-state index in [9.17, 15) is 0 Å². The highest BCUT2D eigenvalue weighted by Gasteiger charge is 2.21. The van der Waals surface area contributed by atoms with Gasteiger partial charge in [0.2, 0.25) is 0 Å². The summed E-state index contributed by atoms with van der Waals surface area (Å²) in [5, 5.41) is 1.24. The summed E-state index contributed by atoms with van der Waals surface area (Å²) in [7, 11) is 0. The molecular formula is C25H26N5+. The maximum Gasteiger partial charge on any atom is 0.305 e. The number of anilines is 1. The molecule has 0 radical (unpaired) electrons. The molecule has 0 amide bonds. The van der Waals surface area contributed by atoms with E-state index in [1.165, 1.54) is 35.6 Å². The second-order valence-corrected chi connectivity index (χ2v) is 7.57. The van der Waals surface area contributed by atoms with Crippen molar-refractivity contribution in [3.05, 3.63) is 75.9 Å². The molecule has 0 saturated heterocycles. The van der Waals surface area contributed by atoms with Crippen molar-refractivity contribution in [2.75, 3.05) is 5.43 Å². The van der Waals surface area contributed by atoms with E-state index >= 15 is 0 Å². The molecule has 3 aromatic rings. The topological polar surface area (TPSA) is 67.7 Å². The Hall–Kier alpha value is -3.65. The zero-order valence-corrected chi connectivity index (χ0v) is 17.2. The van der Waals surface area contributed by atoms with Gasteiger partial charge in [-0.2, -0.15) is 0 Å². The Morgan fingerprint density at radius 2 is 1.90 bits per heavy atom.